The molecule has 0 aliphatic carbocycles. The number of quaternary nitrogens is 2. The maximum absolute atomic E-state index is 5.87. The Morgan fingerprint density at radius 3 is 1.91 bits per heavy atom. The van der Waals surface area contributed by atoms with E-state index in [0.717, 1.165) is 54.0 Å². The summed E-state index contributed by atoms with van der Waals surface area (Å²) >= 11 is 0. The maximum Gasteiger partial charge on any atom is 0.137 e. The second-order valence-corrected chi connectivity index (χ2v) is 7.72. The van der Waals surface area contributed by atoms with Gasteiger partial charge in [0.15, 0.2) is 0 Å². The molecule has 0 fully saturated rings. The number of ether oxygens (including phenoxy) is 1. The van der Waals surface area contributed by atoms with Gasteiger partial charge >= 0.3 is 0 Å². The summed E-state index contributed by atoms with van der Waals surface area (Å²) in [4.78, 5) is 2.32. The molecule has 4 nitrogen and oxygen atoms in total. The highest BCUT2D eigenvalue weighted by Gasteiger charge is 2.13. The van der Waals surface area contributed by atoms with Gasteiger partial charge in [-0.1, -0.05) is 0 Å². The van der Waals surface area contributed by atoms with Gasteiger partial charge in [0.05, 0.1) is 54.4 Å². The van der Waals surface area contributed by atoms with Gasteiger partial charge in [0, 0.05) is 12.7 Å². The fourth-order valence-corrected chi connectivity index (χ4v) is 2.07. The van der Waals surface area contributed by atoms with Crippen molar-refractivity contribution in [3.63, 3.8) is 0 Å². The summed E-state index contributed by atoms with van der Waals surface area (Å²) in [6, 6.07) is 8.47. The summed E-state index contributed by atoms with van der Waals surface area (Å²) in [6.07, 6.45) is 0. The number of likely N-dealkylation sites (N-methyl/N-ethyl adjacent to an activating group) is 3. The van der Waals surface area contributed by atoms with Crippen molar-refractivity contribution in [2.75, 3.05) is 79.5 Å². The molecule has 0 saturated carbocycles. The van der Waals surface area contributed by atoms with Crippen molar-refractivity contribution in [1.29, 1.82) is 0 Å². The lowest BCUT2D eigenvalue weighted by molar-refractivity contribution is -0.888. The normalized spacial score (nSPS) is 12.3. The van der Waals surface area contributed by atoms with E-state index in [1.54, 1.807) is 0 Å². The van der Waals surface area contributed by atoms with Gasteiger partial charge in [-0.25, -0.2) is 0 Å². The Labute approximate surface area is 143 Å². The lowest BCUT2D eigenvalue weighted by Gasteiger charge is -2.31. The fraction of sp³-hybridized carbons (Fsp3) is 0.684. The van der Waals surface area contributed by atoms with Gasteiger partial charge in [0.25, 0.3) is 0 Å². The van der Waals surface area contributed by atoms with Crippen LogP contribution in [-0.4, -0.2) is 83.5 Å². The van der Waals surface area contributed by atoms with E-state index in [2.05, 4.69) is 78.3 Å². The molecular weight excluding hydrogens is 286 g/mol. The molecule has 0 heterocycles. The molecule has 132 valence electrons. The van der Waals surface area contributed by atoms with Crippen LogP contribution in [0.1, 0.15) is 13.8 Å². The molecule has 0 bridgehead atoms. The third-order valence-corrected chi connectivity index (χ3v) is 5.00. The van der Waals surface area contributed by atoms with Crippen LogP contribution in [0, 0.1) is 0 Å². The predicted octanol–water partition coefficient (Wildman–Crippen LogP) is 2.69. The van der Waals surface area contributed by atoms with Crippen LogP contribution in [0.4, 0.5) is 5.69 Å². The van der Waals surface area contributed by atoms with Crippen LogP contribution in [0.3, 0.4) is 0 Å². The van der Waals surface area contributed by atoms with Crippen LogP contribution in [-0.2, 0) is 0 Å². The van der Waals surface area contributed by atoms with Crippen molar-refractivity contribution in [2.45, 2.75) is 13.8 Å². The molecular formula is C19H37N3O+2. The first-order valence-corrected chi connectivity index (χ1v) is 8.77. The number of nitrogens with zero attached hydrogens (tertiary/aromatic N) is 3. The smallest absolute Gasteiger partial charge is 0.137 e. The first kappa shape index (κ1) is 19.8. The molecule has 0 N–H and O–H groups in total. The number of hydrogen-bond donors (Lipinski definition) is 0. The summed E-state index contributed by atoms with van der Waals surface area (Å²) in [6.45, 7) is 10.7. The Balaban J connectivity index is 2.46. The average molecular weight is 324 g/mol. The number of benzene rings is 1. The van der Waals surface area contributed by atoms with Gasteiger partial charge in [0.1, 0.15) is 18.9 Å². The SMILES string of the molecule is CC[N+](C)(C)CCOc1ccc(N(C)CC[N+](C)(C)CC)cc1. The van der Waals surface area contributed by atoms with Gasteiger partial charge in [-0.3, -0.25) is 0 Å². The van der Waals surface area contributed by atoms with Gasteiger partial charge in [-0.15, -0.1) is 0 Å². The summed E-state index contributed by atoms with van der Waals surface area (Å²) in [5, 5.41) is 0. The van der Waals surface area contributed by atoms with Crippen LogP contribution in [0.2, 0.25) is 0 Å². The number of rotatable bonds is 10. The van der Waals surface area contributed by atoms with Crippen LogP contribution in [0.5, 0.6) is 5.75 Å². The Morgan fingerprint density at radius 2 is 1.39 bits per heavy atom. The molecule has 4 heteroatoms. The highest BCUT2D eigenvalue weighted by atomic mass is 16.5. The van der Waals surface area contributed by atoms with E-state index < -0.39 is 0 Å². The minimum atomic E-state index is 0.762. The Hall–Kier alpha value is -1.26. The van der Waals surface area contributed by atoms with E-state index in [1.165, 1.54) is 5.69 Å². The van der Waals surface area contributed by atoms with Gasteiger partial charge in [-0.05, 0) is 38.1 Å². The van der Waals surface area contributed by atoms with Crippen molar-refractivity contribution in [1.82, 2.24) is 0 Å². The van der Waals surface area contributed by atoms with E-state index in [4.69, 9.17) is 4.74 Å². The number of anilines is 1. The number of hydrogen-bond acceptors (Lipinski definition) is 2. The third-order valence-electron chi connectivity index (χ3n) is 5.00. The van der Waals surface area contributed by atoms with Gasteiger partial charge in [-0.2, -0.15) is 0 Å². The monoisotopic (exact) mass is 323 g/mol. The van der Waals surface area contributed by atoms with Gasteiger partial charge < -0.3 is 18.6 Å². The first-order valence-electron chi connectivity index (χ1n) is 8.77. The molecule has 0 saturated heterocycles. The fourth-order valence-electron chi connectivity index (χ4n) is 2.07. The second-order valence-electron chi connectivity index (χ2n) is 7.72. The lowest BCUT2D eigenvalue weighted by Crippen LogP contribution is -2.44. The zero-order valence-electron chi connectivity index (χ0n) is 16.3. The molecule has 0 radical (unpaired) electrons. The molecule has 0 unspecified atom stereocenters. The lowest BCUT2D eigenvalue weighted by atomic mass is 10.2. The molecule has 0 spiro atoms. The highest BCUT2D eigenvalue weighted by Crippen LogP contribution is 2.18. The molecule has 1 rings (SSSR count). The molecule has 23 heavy (non-hydrogen) atoms. The van der Waals surface area contributed by atoms with Crippen molar-refractivity contribution in [3.8, 4) is 5.75 Å². The van der Waals surface area contributed by atoms with E-state index in [9.17, 15) is 0 Å². The Bertz CT molecular complexity index is 454. The summed E-state index contributed by atoms with van der Waals surface area (Å²) in [5.74, 6) is 0.961. The van der Waals surface area contributed by atoms with Crippen LogP contribution >= 0.6 is 0 Å². The standard InChI is InChI=1S/C19H37N3O/c1-8-21(4,5)15-14-20(3)18-10-12-19(13-11-18)23-17-16-22(6,7)9-2/h10-13H,8-9,14-17H2,1-7H3/q+2. The predicted molar refractivity (Wildman–Crippen MR) is 100 cm³/mol. The Morgan fingerprint density at radius 1 is 0.870 bits per heavy atom. The van der Waals surface area contributed by atoms with Gasteiger partial charge in [0.2, 0.25) is 0 Å². The van der Waals surface area contributed by atoms with Crippen LogP contribution < -0.4 is 9.64 Å². The third kappa shape index (κ3) is 7.23. The molecule has 0 aliphatic rings. The topological polar surface area (TPSA) is 12.5 Å². The largest absolute Gasteiger partial charge is 0.488 e. The first-order chi connectivity index (χ1) is 10.7. The molecule has 1 aromatic carbocycles. The van der Waals surface area contributed by atoms with Crippen molar-refractivity contribution >= 4 is 5.69 Å². The minimum Gasteiger partial charge on any atom is -0.488 e. The summed E-state index contributed by atoms with van der Waals surface area (Å²) < 4.78 is 7.92. The molecule has 1 aromatic rings. The average Bonchev–Trinajstić information content (AvgIpc) is 2.53. The second kappa shape index (κ2) is 8.55. The zero-order chi connectivity index (χ0) is 17.5. The quantitative estimate of drug-likeness (QED) is 0.614. The summed E-state index contributed by atoms with van der Waals surface area (Å²) in [5.41, 5.74) is 1.25. The molecule has 0 atom stereocenters. The zero-order valence-corrected chi connectivity index (χ0v) is 16.3. The van der Waals surface area contributed by atoms with E-state index >= 15 is 0 Å². The molecule has 0 amide bonds. The maximum atomic E-state index is 5.87. The molecule has 0 aliphatic heterocycles. The van der Waals surface area contributed by atoms with E-state index in [1.807, 2.05) is 0 Å². The van der Waals surface area contributed by atoms with Crippen LogP contribution in [0.15, 0.2) is 24.3 Å². The summed E-state index contributed by atoms with van der Waals surface area (Å²) in [7, 11) is 11.2. The van der Waals surface area contributed by atoms with E-state index in [0.29, 0.717) is 0 Å². The molecule has 0 aromatic heterocycles. The Kier molecular flexibility index (Phi) is 7.36. The van der Waals surface area contributed by atoms with Crippen molar-refractivity contribution < 1.29 is 13.7 Å². The highest BCUT2D eigenvalue weighted by molar-refractivity contribution is 5.48. The van der Waals surface area contributed by atoms with Crippen molar-refractivity contribution in [3.05, 3.63) is 24.3 Å². The minimum absolute atomic E-state index is 0.762. The van der Waals surface area contributed by atoms with Crippen molar-refractivity contribution in [2.24, 2.45) is 0 Å². The van der Waals surface area contributed by atoms with E-state index in [-0.39, 0.29) is 0 Å². The van der Waals surface area contributed by atoms with Crippen LogP contribution in [0.25, 0.3) is 0 Å².